The van der Waals surface area contributed by atoms with Crippen LogP contribution in [0.1, 0.15) is 23.9 Å². The van der Waals surface area contributed by atoms with Gasteiger partial charge in [0.25, 0.3) is 0 Å². The van der Waals surface area contributed by atoms with Crippen molar-refractivity contribution in [1.29, 1.82) is 10.7 Å². The molecule has 1 saturated heterocycles. The van der Waals surface area contributed by atoms with Gasteiger partial charge in [0, 0.05) is 24.2 Å². The lowest BCUT2D eigenvalue weighted by Crippen LogP contribution is -2.20. The van der Waals surface area contributed by atoms with Gasteiger partial charge in [-0.1, -0.05) is 0 Å². The number of imidazole rings is 1. The van der Waals surface area contributed by atoms with Crippen molar-refractivity contribution in [3.63, 3.8) is 0 Å². The van der Waals surface area contributed by atoms with Gasteiger partial charge in [-0.05, 0) is 38.2 Å². The summed E-state index contributed by atoms with van der Waals surface area (Å²) in [6, 6.07) is 8.11. The number of allylic oxidation sites excluding steroid dienone is 1. The number of nitrogens with zero attached hydrogens (tertiary/aromatic N) is 5. The smallest absolute Gasteiger partial charge is 0.151 e. The van der Waals surface area contributed by atoms with Gasteiger partial charge in [-0.25, -0.2) is 4.98 Å². The summed E-state index contributed by atoms with van der Waals surface area (Å²) in [5, 5.41) is 20.8. The molecule has 8 nitrogen and oxygen atoms in total. The highest BCUT2D eigenvalue weighted by Crippen LogP contribution is 2.32. The first-order valence-electron chi connectivity index (χ1n) is 9.51. The number of methoxy groups -OCH3 is 1. The normalized spacial score (nSPS) is 17.6. The second-order valence-corrected chi connectivity index (χ2v) is 7.21. The summed E-state index contributed by atoms with van der Waals surface area (Å²) >= 11 is 0. The number of nitrogens with one attached hydrogen (secondary N) is 2. The predicted octanol–water partition coefficient (Wildman–Crippen LogP) is 2.56. The van der Waals surface area contributed by atoms with E-state index in [1.807, 2.05) is 12.1 Å². The molecule has 8 heteroatoms. The van der Waals surface area contributed by atoms with Crippen LogP contribution in [-0.2, 0) is 11.3 Å². The fourth-order valence-corrected chi connectivity index (χ4v) is 3.94. The van der Waals surface area contributed by atoms with E-state index in [0.29, 0.717) is 23.9 Å². The van der Waals surface area contributed by atoms with Gasteiger partial charge in [-0.15, -0.1) is 0 Å². The summed E-state index contributed by atoms with van der Waals surface area (Å²) in [7, 11) is 3.66. The summed E-state index contributed by atoms with van der Waals surface area (Å²) < 4.78 is 7.40. The van der Waals surface area contributed by atoms with E-state index in [1.165, 1.54) is 7.11 Å². The van der Waals surface area contributed by atoms with E-state index in [-0.39, 0.29) is 0 Å². The van der Waals surface area contributed by atoms with Crippen LogP contribution in [0.15, 0.2) is 36.4 Å². The number of likely N-dealkylation sites (N-methyl/N-ethyl adjacent to an activating group) is 1. The number of hydrogen-bond donors (Lipinski definition) is 2. The molecule has 1 fully saturated rings. The number of aromatic nitrogens is 3. The van der Waals surface area contributed by atoms with Crippen molar-refractivity contribution in [2.24, 2.45) is 0 Å². The van der Waals surface area contributed by atoms with E-state index < -0.39 is 0 Å². The largest absolute Gasteiger partial charge is 0.494 e. The Labute approximate surface area is 168 Å². The topological polar surface area (TPSA) is 103 Å². The zero-order valence-electron chi connectivity index (χ0n) is 16.5. The lowest BCUT2D eigenvalue weighted by atomic mass is 10.1. The van der Waals surface area contributed by atoms with Crippen LogP contribution in [0.2, 0.25) is 0 Å². The van der Waals surface area contributed by atoms with Crippen LogP contribution < -0.4 is 5.32 Å². The zero-order valence-corrected chi connectivity index (χ0v) is 16.5. The zero-order chi connectivity index (χ0) is 20.4. The van der Waals surface area contributed by atoms with Crippen LogP contribution in [0.5, 0.6) is 0 Å². The standard InChI is InChI=1S/C21H23N7O/c1-27-6-5-15(13-27)28-20(12-24-10-16(9-23)29-2)26-19-11-25-18-4-3-14(8-22)7-17(18)21(19)28/h3-4,7,9-11,15,23-24H,5-6,12-13H2,1-2H3/b16-10+,23-9?/t15-/m1/s1. The first-order valence-corrected chi connectivity index (χ1v) is 9.51. The summed E-state index contributed by atoms with van der Waals surface area (Å²) in [6.07, 6.45) is 5.66. The van der Waals surface area contributed by atoms with E-state index in [4.69, 9.17) is 15.1 Å². The first kappa shape index (κ1) is 18.9. The van der Waals surface area contributed by atoms with Crippen molar-refractivity contribution in [2.45, 2.75) is 19.0 Å². The quantitative estimate of drug-likeness (QED) is 0.496. The van der Waals surface area contributed by atoms with E-state index in [2.05, 4.69) is 32.9 Å². The van der Waals surface area contributed by atoms with E-state index >= 15 is 0 Å². The second kappa shape index (κ2) is 7.89. The number of benzene rings is 1. The fourth-order valence-electron chi connectivity index (χ4n) is 3.94. The van der Waals surface area contributed by atoms with Crippen LogP contribution >= 0.6 is 0 Å². The van der Waals surface area contributed by atoms with Crippen LogP contribution in [-0.4, -0.2) is 52.9 Å². The van der Waals surface area contributed by atoms with Crippen LogP contribution in [0, 0.1) is 16.7 Å². The van der Waals surface area contributed by atoms with Crippen molar-refractivity contribution < 1.29 is 4.74 Å². The number of pyridine rings is 1. The second-order valence-electron chi connectivity index (χ2n) is 7.21. The number of hydrogen-bond acceptors (Lipinski definition) is 7. The molecule has 0 radical (unpaired) electrons. The summed E-state index contributed by atoms with van der Waals surface area (Å²) in [5.41, 5.74) is 3.31. The molecular weight excluding hydrogens is 366 g/mol. The highest BCUT2D eigenvalue weighted by Gasteiger charge is 2.26. The molecule has 3 aromatic rings. The predicted molar refractivity (Wildman–Crippen MR) is 112 cm³/mol. The van der Waals surface area contributed by atoms with Crippen molar-refractivity contribution in [3.8, 4) is 6.07 Å². The third kappa shape index (κ3) is 3.52. The molecule has 29 heavy (non-hydrogen) atoms. The molecule has 2 aromatic heterocycles. The van der Waals surface area contributed by atoms with Gasteiger partial charge < -0.3 is 24.9 Å². The molecule has 1 aliphatic rings. The summed E-state index contributed by atoms with van der Waals surface area (Å²) in [4.78, 5) is 11.7. The molecule has 0 saturated carbocycles. The molecule has 0 amide bonds. The maximum atomic E-state index is 9.36. The van der Waals surface area contributed by atoms with Gasteiger partial charge in [0.1, 0.15) is 11.3 Å². The Morgan fingerprint density at radius 1 is 1.45 bits per heavy atom. The van der Waals surface area contributed by atoms with Gasteiger partial charge in [-0.2, -0.15) is 5.26 Å². The fraction of sp³-hybridized carbons (Fsp3) is 0.333. The number of fused-ring (bicyclic) bond motifs is 3. The summed E-state index contributed by atoms with van der Waals surface area (Å²) in [6.45, 7) is 2.47. The van der Waals surface area contributed by atoms with Gasteiger partial charge in [-0.3, -0.25) is 4.98 Å². The Balaban J connectivity index is 1.86. The maximum Gasteiger partial charge on any atom is 0.151 e. The van der Waals surface area contributed by atoms with Crippen LogP contribution in [0.4, 0.5) is 0 Å². The minimum atomic E-state index is 0.298. The number of likely N-dealkylation sites (tertiary alicyclic amines) is 1. The Morgan fingerprint density at radius 2 is 2.31 bits per heavy atom. The molecule has 1 atom stereocenters. The first-order chi connectivity index (χ1) is 14.1. The third-order valence-electron chi connectivity index (χ3n) is 5.33. The van der Waals surface area contributed by atoms with Crippen LogP contribution in [0.25, 0.3) is 21.9 Å². The Morgan fingerprint density at radius 3 is 3.00 bits per heavy atom. The number of ether oxygens (including phenoxy) is 1. The lowest BCUT2D eigenvalue weighted by molar-refractivity contribution is 0.314. The van der Waals surface area contributed by atoms with Gasteiger partial charge in [0.2, 0.25) is 0 Å². The molecule has 3 heterocycles. The van der Waals surface area contributed by atoms with Crippen molar-refractivity contribution in [1.82, 2.24) is 24.8 Å². The number of nitriles is 1. The molecule has 4 rings (SSSR count). The average molecular weight is 389 g/mol. The minimum absolute atomic E-state index is 0.298. The average Bonchev–Trinajstić information content (AvgIpc) is 3.33. The van der Waals surface area contributed by atoms with Crippen molar-refractivity contribution >= 4 is 28.2 Å². The van der Waals surface area contributed by atoms with E-state index in [9.17, 15) is 5.26 Å². The van der Waals surface area contributed by atoms with Gasteiger partial charge >= 0.3 is 0 Å². The Bertz CT molecular complexity index is 1140. The molecule has 148 valence electrons. The van der Waals surface area contributed by atoms with Gasteiger partial charge in [0.05, 0.1) is 48.7 Å². The SMILES string of the molecule is CO/C(C=N)=C/NCc1nc2cnc3ccc(C#N)cc3c2n1[C@@H]1CCN(C)C1. The Kier molecular flexibility index (Phi) is 5.14. The molecule has 1 aliphatic heterocycles. The van der Waals surface area contributed by atoms with Crippen molar-refractivity contribution in [3.05, 3.63) is 47.7 Å². The molecule has 0 unspecified atom stereocenters. The van der Waals surface area contributed by atoms with Crippen molar-refractivity contribution in [2.75, 3.05) is 27.2 Å². The minimum Gasteiger partial charge on any atom is -0.494 e. The number of rotatable bonds is 6. The highest BCUT2D eigenvalue weighted by molar-refractivity contribution is 6.02. The Hall–Kier alpha value is -3.44. The molecule has 0 aliphatic carbocycles. The molecule has 0 bridgehead atoms. The van der Waals surface area contributed by atoms with E-state index in [0.717, 1.165) is 53.5 Å². The maximum absolute atomic E-state index is 9.36. The monoisotopic (exact) mass is 389 g/mol. The lowest BCUT2D eigenvalue weighted by Gasteiger charge is -2.18. The summed E-state index contributed by atoms with van der Waals surface area (Å²) in [5.74, 6) is 1.34. The van der Waals surface area contributed by atoms with Gasteiger partial charge in [0.15, 0.2) is 5.76 Å². The molecule has 0 spiro atoms. The van der Waals surface area contributed by atoms with E-state index in [1.54, 1.807) is 18.5 Å². The van der Waals surface area contributed by atoms with Crippen LogP contribution in [0.3, 0.4) is 0 Å². The molecule has 2 N–H and O–H groups in total. The molecular formula is C21H23N7O. The third-order valence-corrected chi connectivity index (χ3v) is 5.33. The molecule has 1 aromatic carbocycles. The highest BCUT2D eigenvalue weighted by atomic mass is 16.5.